The molecular weight excluding hydrogens is 533 g/mol. The number of anilines is 3. The molecule has 0 unspecified atom stereocenters. The zero-order valence-electron chi connectivity index (χ0n) is 23.0. The molecule has 0 heterocycles. The summed E-state index contributed by atoms with van der Waals surface area (Å²) in [6, 6.07) is 28.5. The Bertz CT molecular complexity index is 882. The van der Waals surface area contributed by atoms with Crippen molar-refractivity contribution in [1.82, 2.24) is 0 Å². The van der Waals surface area contributed by atoms with Gasteiger partial charge in [0.25, 0.3) is 0 Å². The first kappa shape index (κ1) is 27.4. The Morgan fingerprint density at radius 3 is 0.771 bits per heavy atom. The number of rotatable bonds is 12. The molecule has 0 saturated carbocycles. The van der Waals surface area contributed by atoms with Crippen LogP contribution in [0.25, 0.3) is 0 Å². The molecule has 0 bridgehead atoms. The van der Waals surface area contributed by atoms with Gasteiger partial charge in [0, 0.05) is 0 Å². The van der Waals surface area contributed by atoms with E-state index in [0.29, 0.717) is 0 Å². The van der Waals surface area contributed by atoms with Crippen LogP contribution in [0.5, 0.6) is 0 Å². The van der Waals surface area contributed by atoms with Gasteiger partial charge in [0.2, 0.25) is 0 Å². The maximum atomic E-state index is 2.58. The summed E-state index contributed by atoms with van der Waals surface area (Å²) >= 11 is -3.15. The summed E-state index contributed by atoms with van der Waals surface area (Å²) in [5.41, 5.74) is 3.96. The Kier molecular flexibility index (Phi) is 9.97. The fraction of sp³-hybridized carbons (Fsp3) is 0.419. The van der Waals surface area contributed by atoms with Gasteiger partial charge in [-0.1, -0.05) is 0 Å². The molecule has 3 rings (SSSR count). The fourth-order valence-corrected chi connectivity index (χ4v) is 15.3. The second-order valence-corrected chi connectivity index (χ2v) is 20.6. The Balaban J connectivity index is 2.10. The van der Waals surface area contributed by atoms with Crippen molar-refractivity contribution in [1.29, 1.82) is 0 Å². The van der Waals surface area contributed by atoms with E-state index in [9.17, 15) is 0 Å². The zero-order valence-corrected chi connectivity index (χ0v) is 25.9. The van der Waals surface area contributed by atoms with Crippen molar-refractivity contribution < 1.29 is 0 Å². The standard InChI is InChI=1S/3C10H14N.CH3.Sn/c3*1-3-11(4-2)10-8-6-5-7-9-10;;/h3*6-9H,3-4H2,1-2H3;1H3;. The average Bonchev–Trinajstić information content (AvgIpc) is 2.91. The van der Waals surface area contributed by atoms with Gasteiger partial charge >= 0.3 is 219 Å². The van der Waals surface area contributed by atoms with Crippen LogP contribution in [-0.2, 0) is 0 Å². The number of hydrogen-bond acceptors (Lipinski definition) is 3. The van der Waals surface area contributed by atoms with Crippen LogP contribution < -0.4 is 25.4 Å². The molecule has 4 heteroatoms. The Morgan fingerprint density at radius 2 is 0.600 bits per heavy atom. The van der Waals surface area contributed by atoms with Gasteiger partial charge in [-0.05, 0) is 0 Å². The fourth-order valence-electron chi connectivity index (χ4n) is 5.28. The van der Waals surface area contributed by atoms with Crippen LogP contribution in [0.1, 0.15) is 41.5 Å². The number of nitrogens with zero attached hydrogens (tertiary/aromatic N) is 3. The topological polar surface area (TPSA) is 9.72 Å². The number of benzene rings is 3. The van der Waals surface area contributed by atoms with E-state index in [1.807, 2.05) is 0 Å². The van der Waals surface area contributed by atoms with Crippen molar-refractivity contribution in [3.63, 3.8) is 0 Å². The van der Waals surface area contributed by atoms with E-state index in [-0.39, 0.29) is 0 Å². The molecule has 0 aliphatic heterocycles. The maximum absolute atomic E-state index is 3.15. The van der Waals surface area contributed by atoms with Crippen LogP contribution in [0.4, 0.5) is 17.1 Å². The summed E-state index contributed by atoms with van der Waals surface area (Å²) in [5.74, 6) is 0. The summed E-state index contributed by atoms with van der Waals surface area (Å²) in [5, 5.41) is 0. The van der Waals surface area contributed by atoms with E-state index in [1.165, 1.54) is 27.8 Å². The third-order valence-corrected chi connectivity index (χ3v) is 20.5. The first-order valence-electron chi connectivity index (χ1n) is 13.5. The number of hydrogen-bond donors (Lipinski definition) is 0. The van der Waals surface area contributed by atoms with Gasteiger partial charge in [0.05, 0.1) is 0 Å². The SMILES string of the molecule is CCN(CC)c1cc[c]([Sn]([CH3])([c]2ccc(N(CC)CC)cc2)[c]2ccc(N(CC)CC)cc2)cc1. The predicted octanol–water partition coefficient (Wildman–Crippen LogP) is 5.33. The third-order valence-electron chi connectivity index (χ3n) is 7.72. The molecule has 0 aliphatic rings. The molecular formula is C31H45N3Sn. The Hall–Kier alpha value is -2.14. The van der Waals surface area contributed by atoms with Crippen LogP contribution in [0, 0.1) is 0 Å². The molecule has 0 fully saturated rings. The van der Waals surface area contributed by atoms with E-state index in [0.717, 1.165) is 39.3 Å². The van der Waals surface area contributed by atoms with E-state index in [4.69, 9.17) is 0 Å². The first-order valence-corrected chi connectivity index (χ1v) is 20.7. The van der Waals surface area contributed by atoms with Crippen molar-refractivity contribution in [2.24, 2.45) is 0 Å². The predicted molar refractivity (Wildman–Crippen MR) is 161 cm³/mol. The van der Waals surface area contributed by atoms with Gasteiger partial charge in [-0.2, -0.15) is 0 Å². The minimum atomic E-state index is -3.15. The molecule has 0 aromatic heterocycles. The second kappa shape index (κ2) is 12.7. The van der Waals surface area contributed by atoms with Crippen molar-refractivity contribution >= 4 is 46.2 Å². The minimum absolute atomic E-state index is 1.04. The molecule has 3 aromatic carbocycles. The molecule has 3 aromatic rings. The summed E-state index contributed by atoms with van der Waals surface area (Å²) in [6.07, 6.45) is 0. The van der Waals surface area contributed by atoms with Crippen molar-refractivity contribution in [3.05, 3.63) is 72.8 Å². The quantitative estimate of drug-likeness (QED) is 0.270. The zero-order chi connectivity index (χ0) is 25.4. The van der Waals surface area contributed by atoms with Gasteiger partial charge in [0.1, 0.15) is 0 Å². The van der Waals surface area contributed by atoms with Crippen molar-refractivity contribution in [2.75, 3.05) is 54.0 Å². The second-order valence-electron chi connectivity index (χ2n) is 9.28. The van der Waals surface area contributed by atoms with Crippen LogP contribution in [0.2, 0.25) is 4.94 Å². The van der Waals surface area contributed by atoms with Gasteiger partial charge in [-0.3, -0.25) is 0 Å². The first-order chi connectivity index (χ1) is 17.0. The molecule has 0 N–H and O–H groups in total. The third kappa shape index (κ3) is 5.82. The molecule has 0 spiro atoms. The normalized spacial score (nSPS) is 11.4. The van der Waals surface area contributed by atoms with E-state index in [1.54, 1.807) is 0 Å². The summed E-state index contributed by atoms with van der Waals surface area (Å²) < 4.78 is 4.59. The summed E-state index contributed by atoms with van der Waals surface area (Å²) in [7, 11) is 0. The van der Waals surface area contributed by atoms with Crippen molar-refractivity contribution in [3.8, 4) is 0 Å². The van der Waals surface area contributed by atoms with Gasteiger partial charge in [-0.15, -0.1) is 0 Å². The molecule has 0 aliphatic carbocycles. The molecule has 0 saturated heterocycles. The van der Waals surface area contributed by atoms with Crippen LogP contribution >= 0.6 is 0 Å². The van der Waals surface area contributed by atoms with E-state index >= 15 is 0 Å². The van der Waals surface area contributed by atoms with Gasteiger partial charge in [0.15, 0.2) is 0 Å². The van der Waals surface area contributed by atoms with Gasteiger partial charge < -0.3 is 0 Å². The molecule has 0 amide bonds. The Morgan fingerprint density at radius 1 is 0.400 bits per heavy atom. The van der Waals surface area contributed by atoms with E-state index < -0.39 is 18.4 Å². The van der Waals surface area contributed by atoms with Crippen LogP contribution in [-0.4, -0.2) is 57.6 Å². The molecule has 0 radical (unpaired) electrons. The molecule has 35 heavy (non-hydrogen) atoms. The average molecular weight is 578 g/mol. The van der Waals surface area contributed by atoms with Gasteiger partial charge in [-0.25, -0.2) is 0 Å². The monoisotopic (exact) mass is 579 g/mol. The van der Waals surface area contributed by atoms with E-state index in [2.05, 4.69) is 134 Å². The van der Waals surface area contributed by atoms with Crippen LogP contribution in [0.15, 0.2) is 72.8 Å². The molecule has 3 nitrogen and oxygen atoms in total. The van der Waals surface area contributed by atoms with Crippen molar-refractivity contribution in [2.45, 2.75) is 46.5 Å². The summed E-state index contributed by atoms with van der Waals surface area (Å²) in [6.45, 7) is 19.6. The molecule has 0 atom stereocenters. The molecule has 188 valence electrons. The Labute approximate surface area is 218 Å². The van der Waals surface area contributed by atoms with Crippen LogP contribution in [0.3, 0.4) is 0 Å². The summed E-state index contributed by atoms with van der Waals surface area (Å²) in [4.78, 5) is 9.86.